The molecule has 138 valence electrons. The van der Waals surface area contributed by atoms with Crippen molar-refractivity contribution in [1.29, 1.82) is 0 Å². The number of ether oxygens (including phenoxy) is 2. The Hall–Kier alpha value is -2.71. The summed E-state index contributed by atoms with van der Waals surface area (Å²) in [6.07, 6.45) is 2.40. The van der Waals surface area contributed by atoms with Crippen LogP contribution in [0.1, 0.15) is 18.4 Å². The first-order chi connectivity index (χ1) is 12.6. The van der Waals surface area contributed by atoms with E-state index in [-0.39, 0.29) is 12.5 Å². The van der Waals surface area contributed by atoms with Crippen LogP contribution in [0.4, 0.5) is 5.82 Å². The number of nitrogens with one attached hydrogen (secondary N) is 1. The first kappa shape index (κ1) is 18.1. The summed E-state index contributed by atoms with van der Waals surface area (Å²) in [4.78, 5) is 23.6. The number of aliphatic carboxylic acids is 1. The number of carbonyl (C=O) groups excluding carboxylic acids is 1. The third kappa shape index (κ3) is 4.47. The van der Waals surface area contributed by atoms with Crippen molar-refractivity contribution in [2.75, 3.05) is 18.5 Å². The number of carboxylic acid groups (broad SMARTS) is 1. The van der Waals surface area contributed by atoms with Gasteiger partial charge in [0, 0.05) is 38.3 Å². The fraction of sp³-hybridized carbons (Fsp3) is 0.389. The highest BCUT2D eigenvalue weighted by Gasteiger charge is 2.41. The first-order valence-corrected chi connectivity index (χ1v) is 8.40. The van der Waals surface area contributed by atoms with E-state index in [0.717, 1.165) is 5.56 Å². The standard InChI is InChI=1S/C18H21N3O5/c22-16(23)12-21-9-6-15(20-21)19-17(24)18(7-10-25-11-8-18)26-13-14-4-2-1-3-5-14/h1-6,9H,7-8,10-13H2,(H,22,23)(H,19,20,24). The number of hydrogen-bond acceptors (Lipinski definition) is 5. The molecule has 2 heterocycles. The Bertz CT molecular complexity index is 753. The van der Waals surface area contributed by atoms with Crippen LogP contribution < -0.4 is 5.32 Å². The molecule has 1 aromatic carbocycles. The lowest BCUT2D eigenvalue weighted by Crippen LogP contribution is -2.49. The van der Waals surface area contributed by atoms with Crippen molar-refractivity contribution in [3.05, 3.63) is 48.2 Å². The summed E-state index contributed by atoms with van der Waals surface area (Å²) in [5.41, 5.74) is -0.0121. The third-order valence-corrected chi connectivity index (χ3v) is 4.25. The van der Waals surface area contributed by atoms with E-state index >= 15 is 0 Å². The molecule has 8 heteroatoms. The van der Waals surface area contributed by atoms with Crippen LogP contribution in [0.2, 0.25) is 0 Å². The zero-order valence-electron chi connectivity index (χ0n) is 14.3. The third-order valence-electron chi connectivity index (χ3n) is 4.25. The van der Waals surface area contributed by atoms with Gasteiger partial charge in [-0.15, -0.1) is 0 Å². The molecule has 0 bridgehead atoms. The molecule has 3 rings (SSSR count). The zero-order valence-corrected chi connectivity index (χ0v) is 14.3. The van der Waals surface area contributed by atoms with Gasteiger partial charge in [-0.1, -0.05) is 30.3 Å². The summed E-state index contributed by atoms with van der Waals surface area (Å²) in [7, 11) is 0. The van der Waals surface area contributed by atoms with E-state index in [4.69, 9.17) is 14.6 Å². The highest BCUT2D eigenvalue weighted by molar-refractivity contribution is 5.96. The molecular formula is C18H21N3O5. The second kappa shape index (κ2) is 8.11. The second-order valence-corrected chi connectivity index (χ2v) is 6.13. The van der Waals surface area contributed by atoms with Gasteiger partial charge in [0.05, 0.1) is 6.61 Å². The van der Waals surface area contributed by atoms with Gasteiger partial charge in [0.25, 0.3) is 5.91 Å². The molecule has 1 saturated heterocycles. The van der Waals surface area contributed by atoms with Gasteiger partial charge in [0.2, 0.25) is 0 Å². The van der Waals surface area contributed by atoms with Crippen LogP contribution in [0.25, 0.3) is 0 Å². The molecule has 2 N–H and O–H groups in total. The van der Waals surface area contributed by atoms with Crippen LogP contribution in [0.5, 0.6) is 0 Å². The van der Waals surface area contributed by atoms with Gasteiger partial charge in [-0.2, -0.15) is 5.10 Å². The number of benzene rings is 1. The molecule has 2 aromatic rings. The lowest BCUT2D eigenvalue weighted by atomic mass is 9.92. The van der Waals surface area contributed by atoms with Crippen molar-refractivity contribution < 1.29 is 24.2 Å². The van der Waals surface area contributed by atoms with Crippen molar-refractivity contribution in [2.24, 2.45) is 0 Å². The van der Waals surface area contributed by atoms with Crippen LogP contribution >= 0.6 is 0 Å². The maximum atomic E-state index is 12.9. The van der Waals surface area contributed by atoms with Crippen LogP contribution in [0.15, 0.2) is 42.6 Å². The molecule has 0 unspecified atom stereocenters. The number of nitrogens with zero attached hydrogens (tertiary/aromatic N) is 2. The lowest BCUT2D eigenvalue weighted by molar-refractivity contribution is -0.158. The average Bonchev–Trinajstić information content (AvgIpc) is 3.07. The van der Waals surface area contributed by atoms with Crippen LogP contribution in [0, 0.1) is 0 Å². The van der Waals surface area contributed by atoms with Crippen molar-refractivity contribution in [1.82, 2.24) is 9.78 Å². The van der Waals surface area contributed by atoms with E-state index in [1.54, 1.807) is 6.07 Å². The van der Waals surface area contributed by atoms with E-state index in [9.17, 15) is 9.59 Å². The second-order valence-electron chi connectivity index (χ2n) is 6.13. The molecule has 0 atom stereocenters. The van der Waals surface area contributed by atoms with E-state index in [0.29, 0.717) is 38.5 Å². The summed E-state index contributed by atoms with van der Waals surface area (Å²) < 4.78 is 12.7. The molecule has 0 saturated carbocycles. The lowest BCUT2D eigenvalue weighted by Gasteiger charge is -2.35. The topological polar surface area (TPSA) is 103 Å². The molecule has 1 aliphatic heterocycles. The monoisotopic (exact) mass is 359 g/mol. The normalized spacial score (nSPS) is 16.2. The Morgan fingerprint density at radius 2 is 1.96 bits per heavy atom. The quantitative estimate of drug-likeness (QED) is 0.780. The van der Waals surface area contributed by atoms with Gasteiger partial charge < -0.3 is 19.9 Å². The molecule has 0 radical (unpaired) electrons. The Labute approximate surface area is 150 Å². The molecule has 0 aliphatic carbocycles. The smallest absolute Gasteiger partial charge is 0.325 e. The fourth-order valence-electron chi connectivity index (χ4n) is 2.82. The number of carboxylic acids is 1. The minimum atomic E-state index is -1.00. The van der Waals surface area contributed by atoms with Gasteiger partial charge in [-0.3, -0.25) is 14.3 Å². The number of aromatic nitrogens is 2. The van der Waals surface area contributed by atoms with Crippen LogP contribution in [0.3, 0.4) is 0 Å². The molecule has 1 aliphatic rings. The minimum Gasteiger partial charge on any atom is -0.480 e. The van der Waals surface area contributed by atoms with Crippen LogP contribution in [-0.4, -0.2) is 45.6 Å². The number of carbonyl (C=O) groups is 2. The van der Waals surface area contributed by atoms with Gasteiger partial charge in [0.1, 0.15) is 6.54 Å². The number of rotatable bonds is 7. The molecule has 26 heavy (non-hydrogen) atoms. The highest BCUT2D eigenvalue weighted by Crippen LogP contribution is 2.28. The molecule has 1 amide bonds. The van der Waals surface area contributed by atoms with Gasteiger partial charge >= 0.3 is 5.97 Å². The SMILES string of the molecule is O=C(O)Cn1ccc(NC(=O)C2(OCc3ccccc3)CCOCC2)n1. The maximum absolute atomic E-state index is 12.9. The summed E-state index contributed by atoms with van der Waals surface area (Å²) in [6, 6.07) is 11.2. The Kier molecular flexibility index (Phi) is 5.65. The average molecular weight is 359 g/mol. The van der Waals surface area contributed by atoms with Gasteiger partial charge in [0.15, 0.2) is 11.4 Å². The Morgan fingerprint density at radius 3 is 2.65 bits per heavy atom. The van der Waals surface area contributed by atoms with E-state index in [1.807, 2.05) is 30.3 Å². The summed E-state index contributed by atoms with van der Waals surface area (Å²) in [6.45, 7) is 0.937. The van der Waals surface area contributed by atoms with Crippen molar-refractivity contribution in [3.8, 4) is 0 Å². The molecule has 1 aromatic heterocycles. The number of amides is 1. The van der Waals surface area contributed by atoms with E-state index in [1.165, 1.54) is 10.9 Å². The van der Waals surface area contributed by atoms with Crippen molar-refractivity contribution >= 4 is 17.7 Å². The molecule has 8 nitrogen and oxygen atoms in total. The van der Waals surface area contributed by atoms with Crippen LogP contribution in [-0.2, 0) is 32.2 Å². The fourth-order valence-corrected chi connectivity index (χ4v) is 2.82. The zero-order chi connectivity index (χ0) is 18.4. The minimum absolute atomic E-state index is 0.265. The first-order valence-electron chi connectivity index (χ1n) is 8.40. The summed E-state index contributed by atoms with van der Waals surface area (Å²) in [5, 5.41) is 15.6. The van der Waals surface area contributed by atoms with Gasteiger partial charge in [-0.25, -0.2) is 0 Å². The summed E-state index contributed by atoms with van der Waals surface area (Å²) >= 11 is 0. The highest BCUT2D eigenvalue weighted by atomic mass is 16.5. The van der Waals surface area contributed by atoms with E-state index in [2.05, 4.69) is 10.4 Å². The molecule has 1 fully saturated rings. The predicted octanol–water partition coefficient (Wildman–Crippen LogP) is 1.67. The van der Waals surface area contributed by atoms with Crippen molar-refractivity contribution in [2.45, 2.75) is 31.6 Å². The largest absolute Gasteiger partial charge is 0.480 e. The predicted molar refractivity (Wildman–Crippen MR) is 92.5 cm³/mol. The maximum Gasteiger partial charge on any atom is 0.325 e. The Balaban J connectivity index is 1.69. The summed E-state index contributed by atoms with van der Waals surface area (Å²) in [5.74, 6) is -0.999. The number of hydrogen-bond donors (Lipinski definition) is 2. The Morgan fingerprint density at radius 1 is 1.23 bits per heavy atom. The van der Waals surface area contributed by atoms with Crippen molar-refractivity contribution in [3.63, 3.8) is 0 Å². The number of anilines is 1. The van der Waals surface area contributed by atoms with E-state index < -0.39 is 11.6 Å². The molecular weight excluding hydrogens is 338 g/mol. The molecule has 0 spiro atoms. The van der Waals surface area contributed by atoms with Gasteiger partial charge in [-0.05, 0) is 5.56 Å².